The second kappa shape index (κ2) is 26.2. The Kier molecular flexibility index (Phi) is 20.2. The van der Waals surface area contributed by atoms with Gasteiger partial charge < -0.3 is 40.2 Å². The van der Waals surface area contributed by atoms with E-state index in [2.05, 4.69) is 36.7 Å². The number of nitrogens with zero attached hydrogens (tertiary/aromatic N) is 3. The van der Waals surface area contributed by atoms with Crippen molar-refractivity contribution in [2.45, 2.75) is 117 Å². The molecule has 0 radical (unpaired) electrons. The molecule has 0 saturated carbocycles. The summed E-state index contributed by atoms with van der Waals surface area (Å²) in [5.41, 5.74) is 2.04. The minimum absolute atomic E-state index is 0.0539. The van der Waals surface area contributed by atoms with Gasteiger partial charge in [0.15, 0.2) is 17.3 Å². The molecule has 3 aromatic carbocycles. The molecule has 1 aliphatic heterocycles. The molecule has 0 aliphatic carbocycles. The Morgan fingerprint density at radius 1 is 0.809 bits per heavy atom. The molecule has 0 unspecified atom stereocenters. The van der Waals surface area contributed by atoms with Gasteiger partial charge in [-0.05, 0) is 74.3 Å². The monoisotopic (exact) mass is 938 g/mol. The number of hydrogen-bond acceptors (Lipinski definition) is 13. The van der Waals surface area contributed by atoms with Crippen LogP contribution in [0.25, 0.3) is 0 Å². The highest BCUT2D eigenvalue weighted by Crippen LogP contribution is 2.31. The van der Waals surface area contributed by atoms with Crippen molar-refractivity contribution < 1.29 is 47.7 Å². The highest BCUT2D eigenvalue weighted by molar-refractivity contribution is 5.98. The first-order valence-corrected chi connectivity index (χ1v) is 23.2. The summed E-state index contributed by atoms with van der Waals surface area (Å²) in [6, 6.07) is 19.7. The van der Waals surface area contributed by atoms with E-state index in [1.165, 1.54) is 20.0 Å². The number of nitrogens with one attached hydrogen (secondary N) is 5. The Hall–Kier alpha value is -6.50. The number of rotatable bonds is 29. The third kappa shape index (κ3) is 17.3. The number of ether oxygens (including phenoxy) is 4. The standard InChI is InChI=1S/C50H66N8O10/c1-7-23-65-24-22-58(29-38-19-21-43(68-35(5)59)44(27-38)66-31-39-28-51-57-56-39)30-45(60)53-40(20-18-36-14-10-8-11-15-36)48(63)52-34(4)47(62)55-42(26-37-16-12-9-13-17-37)49(64)54-41(25-33(2)3)46(61)50(6)32-67-50/h8-17,19,21,27-28,33-34,40-42H,7,18,20,22-26,29-32H2,1-6H3,(H,52,63)(H,53,60)(H,54,64)(H,55,62)(H,51,56,57)/t34-,40-,41-,42-,50+/m0/s1. The number of aromatic amines is 1. The van der Waals surface area contributed by atoms with Crippen LogP contribution < -0.4 is 30.7 Å². The van der Waals surface area contributed by atoms with E-state index in [1.54, 1.807) is 25.1 Å². The topological polar surface area (TPSA) is 236 Å². The van der Waals surface area contributed by atoms with Crippen molar-refractivity contribution in [1.29, 1.82) is 0 Å². The molecule has 18 nitrogen and oxygen atoms in total. The fourth-order valence-corrected chi connectivity index (χ4v) is 7.36. The number of amides is 4. The van der Waals surface area contributed by atoms with E-state index in [4.69, 9.17) is 18.9 Å². The summed E-state index contributed by atoms with van der Waals surface area (Å²) in [4.78, 5) is 83.2. The Bertz CT molecular complexity index is 2260. The number of carbonyl (C=O) groups excluding carboxylic acids is 6. The predicted molar refractivity (Wildman–Crippen MR) is 252 cm³/mol. The van der Waals surface area contributed by atoms with Crippen LogP contribution in [-0.4, -0.2) is 118 Å². The summed E-state index contributed by atoms with van der Waals surface area (Å²) in [7, 11) is 0. The van der Waals surface area contributed by atoms with E-state index in [9.17, 15) is 28.8 Å². The van der Waals surface area contributed by atoms with Crippen LogP contribution >= 0.6 is 0 Å². The van der Waals surface area contributed by atoms with Crippen molar-refractivity contribution in [2.24, 2.45) is 5.92 Å². The minimum Gasteiger partial charge on any atom is -0.483 e. The van der Waals surface area contributed by atoms with Crippen LogP contribution in [0.3, 0.4) is 0 Å². The molecule has 5 rings (SSSR count). The average Bonchev–Trinajstić information content (AvgIpc) is 3.84. The lowest BCUT2D eigenvalue weighted by atomic mass is 9.93. The minimum atomic E-state index is -1.13. The quantitative estimate of drug-likeness (QED) is 0.0226. The number of aromatic nitrogens is 3. The van der Waals surface area contributed by atoms with Gasteiger partial charge in [0, 0.05) is 33.0 Å². The number of aryl methyl sites for hydroxylation is 1. The smallest absolute Gasteiger partial charge is 0.308 e. The lowest BCUT2D eigenvalue weighted by Gasteiger charge is -2.27. The maximum atomic E-state index is 14.1. The highest BCUT2D eigenvalue weighted by Gasteiger charge is 2.50. The summed E-state index contributed by atoms with van der Waals surface area (Å²) in [6.45, 7) is 12.1. The number of ketones is 1. The maximum absolute atomic E-state index is 14.1. The Morgan fingerprint density at radius 3 is 2.12 bits per heavy atom. The van der Waals surface area contributed by atoms with Gasteiger partial charge in [-0.1, -0.05) is 87.5 Å². The molecule has 1 fully saturated rings. The van der Waals surface area contributed by atoms with Crippen molar-refractivity contribution in [3.8, 4) is 11.5 Å². The molecule has 5 N–H and O–H groups in total. The normalized spacial score (nSPS) is 15.9. The van der Waals surface area contributed by atoms with Crippen LogP contribution in [0.2, 0.25) is 0 Å². The molecule has 0 spiro atoms. The lowest BCUT2D eigenvalue weighted by molar-refractivity contribution is -0.135. The van der Waals surface area contributed by atoms with Gasteiger partial charge >= 0.3 is 5.97 Å². The van der Waals surface area contributed by atoms with Crippen molar-refractivity contribution >= 4 is 35.4 Å². The number of esters is 1. The van der Waals surface area contributed by atoms with Crippen LogP contribution in [0.4, 0.5) is 0 Å². The number of hydrogen-bond donors (Lipinski definition) is 5. The summed E-state index contributed by atoms with van der Waals surface area (Å²) in [5, 5.41) is 21.7. The zero-order valence-electron chi connectivity index (χ0n) is 39.9. The summed E-state index contributed by atoms with van der Waals surface area (Å²) in [6.07, 6.45) is 3.49. The number of epoxide rings is 1. The van der Waals surface area contributed by atoms with Gasteiger partial charge in [-0.3, -0.25) is 33.7 Å². The molecular weight excluding hydrogens is 873 g/mol. The molecule has 0 bridgehead atoms. The summed E-state index contributed by atoms with van der Waals surface area (Å²) >= 11 is 0. The van der Waals surface area contributed by atoms with E-state index in [1.807, 2.05) is 86.3 Å². The zero-order chi connectivity index (χ0) is 49.1. The molecule has 5 atom stereocenters. The first-order valence-electron chi connectivity index (χ1n) is 23.2. The van der Waals surface area contributed by atoms with E-state index in [0.717, 1.165) is 23.1 Å². The van der Waals surface area contributed by atoms with Crippen molar-refractivity contribution in [3.63, 3.8) is 0 Å². The van der Waals surface area contributed by atoms with Crippen LogP contribution in [0.1, 0.15) is 83.2 Å². The number of H-pyrrole nitrogens is 1. The number of carbonyl (C=O) groups is 6. The highest BCUT2D eigenvalue weighted by atomic mass is 16.6. The van der Waals surface area contributed by atoms with Gasteiger partial charge in [-0.25, -0.2) is 0 Å². The summed E-state index contributed by atoms with van der Waals surface area (Å²) < 4.78 is 22.6. The first kappa shape index (κ1) is 52.5. The first-order chi connectivity index (χ1) is 32.6. The Balaban J connectivity index is 1.30. The third-order valence-corrected chi connectivity index (χ3v) is 11.1. The molecule has 366 valence electrons. The predicted octanol–water partition coefficient (Wildman–Crippen LogP) is 3.78. The van der Waals surface area contributed by atoms with E-state index < -0.39 is 59.4 Å². The second-order valence-electron chi connectivity index (χ2n) is 17.6. The SMILES string of the molecule is CCCOCCN(CC(=O)N[C@@H](CCc1ccccc1)C(=O)N[C@@H](C)C(=O)N[C@@H](Cc1ccccc1)C(=O)N[C@@H](CC(C)C)C(=O)[C@@]1(C)CO1)Cc1ccc(OC(C)=O)c(OCc2cn[nH]n2)c1. The Labute approximate surface area is 398 Å². The second-order valence-corrected chi connectivity index (χ2v) is 17.6. The van der Waals surface area contributed by atoms with Crippen LogP contribution in [-0.2, 0) is 64.2 Å². The van der Waals surface area contributed by atoms with Crippen molar-refractivity contribution in [2.75, 3.05) is 32.9 Å². The number of benzene rings is 3. The molecule has 68 heavy (non-hydrogen) atoms. The summed E-state index contributed by atoms with van der Waals surface area (Å²) in [5.74, 6) is -2.37. The lowest BCUT2D eigenvalue weighted by Crippen LogP contribution is -2.58. The fourth-order valence-electron chi connectivity index (χ4n) is 7.36. The molecule has 1 saturated heterocycles. The fraction of sp³-hybridized carbons (Fsp3) is 0.480. The van der Waals surface area contributed by atoms with E-state index in [0.29, 0.717) is 44.0 Å². The van der Waals surface area contributed by atoms with Gasteiger partial charge in [0.2, 0.25) is 23.6 Å². The van der Waals surface area contributed by atoms with Gasteiger partial charge in [0.25, 0.3) is 0 Å². The number of Topliss-reactive ketones (excluding diaryl/α,β-unsaturated/α-hetero) is 1. The molecular formula is C50H66N8O10. The molecule has 18 heteroatoms. The average molecular weight is 939 g/mol. The Morgan fingerprint density at radius 2 is 1.49 bits per heavy atom. The van der Waals surface area contributed by atoms with Crippen molar-refractivity contribution in [3.05, 3.63) is 107 Å². The van der Waals surface area contributed by atoms with Crippen LogP contribution in [0, 0.1) is 5.92 Å². The van der Waals surface area contributed by atoms with Gasteiger partial charge in [0.1, 0.15) is 36.0 Å². The molecule has 1 aromatic heterocycles. The molecule has 2 heterocycles. The van der Waals surface area contributed by atoms with Gasteiger partial charge in [-0.2, -0.15) is 15.4 Å². The van der Waals surface area contributed by atoms with Crippen LogP contribution in [0.15, 0.2) is 85.1 Å². The zero-order valence-corrected chi connectivity index (χ0v) is 39.9. The molecule has 1 aliphatic rings. The van der Waals surface area contributed by atoms with Crippen molar-refractivity contribution in [1.82, 2.24) is 41.6 Å². The largest absolute Gasteiger partial charge is 0.483 e. The molecule has 4 aromatic rings. The van der Waals surface area contributed by atoms with E-state index in [-0.39, 0.29) is 56.6 Å². The van der Waals surface area contributed by atoms with E-state index >= 15 is 0 Å². The van der Waals surface area contributed by atoms with Crippen LogP contribution in [0.5, 0.6) is 11.5 Å². The van der Waals surface area contributed by atoms with Gasteiger partial charge in [-0.15, -0.1) is 0 Å². The maximum Gasteiger partial charge on any atom is 0.308 e. The van der Waals surface area contributed by atoms with Gasteiger partial charge in [0.05, 0.1) is 32.0 Å². The third-order valence-electron chi connectivity index (χ3n) is 11.1. The molecule has 4 amide bonds.